The second kappa shape index (κ2) is 6.75. The zero-order valence-electron chi connectivity index (χ0n) is 12.7. The van der Waals surface area contributed by atoms with E-state index in [0.717, 1.165) is 13.0 Å². The quantitative estimate of drug-likeness (QED) is 0.913. The lowest BCUT2D eigenvalue weighted by atomic mass is 10.00. The van der Waals surface area contributed by atoms with Gasteiger partial charge in [-0.05, 0) is 24.0 Å². The van der Waals surface area contributed by atoms with E-state index in [0.29, 0.717) is 32.5 Å². The Morgan fingerprint density at radius 3 is 2.86 bits per heavy atom. The van der Waals surface area contributed by atoms with Gasteiger partial charge in [0, 0.05) is 38.6 Å². The third kappa shape index (κ3) is 3.31. The van der Waals surface area contributed by atoms with Crippen LogP contribution in [0.4, 0.5) is 4.39 Å². The van der Waals surface area contributed by atoms with E-state index in [-0.39, 0.29) is 18.6 Å². The average Bonchev–Trinajstić information content (AvgIpc) is 2.92. The van der Waals surface area contributed by atoms with Crippen LogP contribution >= 0.6 is 0 Å². The molecule has 2 aliphatic rings. The number of hydrogen-bond donors (Lipinski definition) is 1. The Hall–Kier alpha value is -1.46. The molecule has 2 heterocycles. The molecular weight excluding hydrogens is 283 g/mol. The van der Waals surface area contributed by atoms with Crippen molar-refractivity contribution >= 4 is 5.91 Å². The van der Waals surface area contributed by atoms with E-state index in [1.165, 1.54) is 11.1 Å². The molecule has 0 radical (unpaired) electrons. The monoisotopic (exact) mass is 306 g/mol. The summed E-state index contributed by atoms with van der Waals surface area (Å²) in [5, 5.41) is 9.27. The third-order valence-corrected chi connectivity index (χ3v) is 4.78. The van der Waals surface area contributed by atoms with Gasteiger partial charge in [0.1, 0.15) is 6.17 Å². The van der Waals surface area contributed by atoms with Gasteiger partial charge < -0.3 is 10.0 Å². The van der Waals surface area contributed by atoms with Gasteiger partial charge in [-0.2, -0.15) is 0 Å². The van der Waals surface area contributed by atoms with Crippen molar-refractivity contribution in [1.29, 1.82) is 0 Å². The summed E-state index contributed by atoms with van der Waals surface area (Å²) in [5.74, 6) is 0.119. The van der Waals surface area contributed by atoms with E-state index in [1.807, 2.05) is 21.9 Å². The van der Waals surface area contributed by atoms with E-state index in [4.69, 9.17) is 0 Å². The predicted molar refractivity (Wildman–Crippen MR) is 82.1 cm³/mol. The number of carbonyl (C=O) groups excluding carboxylic acids is 1. The van der Waals surface area contributed by atoms with Gasteiger partial charge in [-0.25, -0.2) is 4.39 Å². The number of likely N-dealkylation sites (tertiary alicyclic amines) is 1. The first kappa shape index (κ1) is 15.4. The normalized spacial score (nSPS) is 25.3. The van der Waals surface area contributed by atoms with Gasteiger partial charge in [-0.1, -0.05) is 24.3 Å². The van der Waals surface area contributed by atoms with Crippen LogP contribution < -0.4 is 0 Å². The summed E-state index contributed by atoms with van der Waals surface area (Å²) in [6.07, 6.45) is 0.791. The van der Waals surface area contributed by atoms with Gasteiger partial charge >= 0.3 is 0 Å². The first-order chi connectivity index (χ1) is 10.7. The minimum Gasteiger partial charge on any atom is -0.395 e. The first-order valence-corrected chi connectivity index (χ1v) is 8.01. The van der Waals surface area contributed by atoms with Crippen LogP contribution in [0.5, 0.6) is 0 Å². The highest BCUT2D eigenvalue weighted by Gasteiger charge is 2.32. The molecule has 1 N–H and O–H groups in total. The second-order valence-corrected chi connectivity index (χ2v) is 6.25. The number of alkyl halides is 1. The number of carbonyl (C=O) groups is 1. The Bertz CT molecular complexity index is 537. The van der Waals surface area contributed by atoms with Crippen molar-refractivity contribution in [3.05, 3.63) is 35.4 Å². The maximum Gasteiger partial charge on any atom is 0.224 e. The van der Waals surface area contributed by atoms with Gasteiger partial charge in [0.25, 0.3) is 0 Å². The molecule has 1 aromatic carbocycles. The standard InChI is InChI=1S/C17H23FN2O2/c18-15-9-16(12-21)19(11-15)8-6-17(22)20-7-5-13-3-1-2-4-14(13)10-20/h1-4,15-16,21H,5-12H2/t15-,16-/m0/s1. The van der Waals surface area contributed by atoms with Gasteiger partial charge in [0.2, 0.25) is 5.91 Å². The van der Waals surface area contributed by atoms with Crippen molar-refractivity contribution in [2.75, 3.05) is 26.2 Å². The zero-order valence-corrected chi connectivity index (χ0v) is 12.7. The van der Waals surface area contributed by atoms with Crippen LogP contribution in [0.25, 0.3) is 0 Å². The van der Waals surface area contributed by atoms with E-state index < -0.39 is 6.17 Å². The minimum absolute atomic E-state index is 0.0360. The number of amides is 1. The number of benzene rings is 1. The van der Waals surface area contributed by atoms with Crippen molar-refractivity contribution in [3.63, 3.8) is 0 Å². The van der Waals surface area contributed by atoms with Crippen molar-refractivity contribution in [2.24, 2.45) is 0 Å². The smallest absolute Gasteiger partial charge is 0.224 e. The lowest BCUT2D eigenvalue weighted by Gasteiger charge is -2.30. The van der Waals surface area contributed by atoms with Crippen LogP contribution in [-0.2, 0) is 17.8 Å². The summed E-state index contributed by atoms with van der Waals surface area (Å²) in [6.45, 7) is 2.25. The fourth-order valence-electron chi connectivity index (χ4n) is 3.49. The third-order valence-electron chi connectivity index (χ3n) is 4.78. The zero-order chi connectivity index (χ0) is 15.5. The van der Waals surface area contributed by atoms with E-state index in [2.05, 4.69) is 12.1 Å². The molecular formula is C17H23FN2O2. The fourth-order valence-corrected chi connectivity index (χ4v) is 3.49. The predicted octanol–water partition coefficient (Wildman–Crippen LogP) is 1.37. The summed E-state index contributed by atoms with van der Waals surface area (Å²) < 4.78 is 13.4. The molecule has 0 aliphatic carbocycles. The van der Waals surface area contributed by atoms with Gasteiger partial charge in [-0.3, -0.25) is 9.69 Å². The number of aliphatic hydroxyl groups excluding tert-OH is 1. The summed E-state index contributed by atoms with van der Waals surface area (Å²) in [4.78, 5) is 16.2. The summed E-state index contributed by atoms with van der Waals surface area (Å²) >= 11 is 0. The van der Waals surface area contributed by atoms with Gasteiger partial charge in [0.05, 0.1) is 6.61 Å². The Morgan fingerprint density at radius 2 is 2.09 bits per heavy atom. The Labute approximate surface area is 130 Å². The van der Waals surface area contributed by atoms with Crippen LogP contribution in [0.15, 0.2) is 24.3 Å². The van der Waals surface area contributed by atoms with Crippen molar-refractivity contribution in [1.82, 2.24) is 9.80 Å². The number of fused-ring (bicyclic) bond motifs is 1. The van der Waals surface area contributed by atoms with Crippen LogP contribution in [-0.4, -0.2) is 59.3 Å². The van der Waals surface area contributed by atoms with Crippen molar-refractivity contribution in [3.8, 4) is 0 Å². The first-order valence-electron chi connectivity index (χ1n) is 8.01. The Kier molecular flexibility index (Phi) is 4.74. The number of nitrogens with zero attached hydrogens (tertiary/aromatic N) is 2. The molecule has 2 atom stereocenters. The molecule has 120 valence electrons. The molecule has 1 saturated heterocycles. The average molecular weight is 306 g/mol. The Morgan fingerprint density at radius 1 is 1.32 bits per heavy atom. The molecule has 3 rings (SSSR count). The number of hydrogen-bond acceptors (Lipinski definition) is 3. The van der Waals surface area contributed by atoms with Crippen LogP contribution in [0, 0.1) is 0 Å². The van der Waals surface area contributed by atoms with Crippen molar-refractivity contribution < 1.29 is 14.3 Å². The number of rotatable bonds is 4. The highest BCUT2D eigenvalue weighted by molar-refractivity contribution is 5.76. The minimum atomic E-state index is -0.880. The molecule has 22 heavy (non-hydrogen) atoms. The maximum atomic E-state index is 13.4. The highest BCUT2D eigenvalue weighted by atomic mass is 19.1. The molecule has 1 fully saturated rings. The van der Waals surface area contributed by atoms with E-state index in [1.54, 1.807) is 0 Å². The van der Waals surface area contributed by atoms with Crippen LogP contribution in [0.2, 0.25) is 0 Å². The largest absolute Gasteiger partial charge is 0.395 e. The van der Waals surface area contributed by atoms with Crippen LogP contribution in [0.3, 0.4) is 0 Å². The molecule has 2 aliphatic heterocycles. The lowest BCUT2D eigenvalue weighted by Crippen LogP contribution is -2.39. The maximum absolute atomic E-state index is 13.4. The fraction of sp³-hybridized carbons (Fsp3) is 0.588. The molecule has 5 heteroatoms. The molecule has 0 spiro atoms. The van der Waals surface area contributed by atoms with E-state index >= 15 is 0 Å². The summed E-state index contributed by atoms with van der Waals surface area (Å²) in [6, 6.07) is 8.10. The number of aliphatic hydroxyl groups is 1. The highest BCUT2D eigenvalue weighted by Crippen LogP contribution is 2.22. The molecule has 0 saturated carbocycles. The summed E-state index contributed by atoms with van der Waals surface area (Å²) in [7, 11) is 0. The number of halogens is 1. The summed E-state index contributed by atoms with van der Waals surface area (Å²) in [5.41, 5.74) is 2.55. The molecule has 0 unspecified atom stereocenters. The molecule has 4 nitrogen and oxygen atoms in total. The topological polar surface area (TPSA) is 43.8 Å². The SMILES string of the molecule is O=C(CCN1C[C@@H](F)C[C@H]1CO)N1CCc2ccccc2C1. The lowest BCUT2D eigenvalue weighted by molar-refractivity contribution is -0.132. The van der Waals surface area contributed by atoms with E-state index in [9.17, 15) is 14.3 Å². The molecule has 0 bridgehead atoms. The Balaban J connectivity index is 1.53. The molecule has 1 aromatic rings. The van der Waals surface area contributed by atoms with Gasteiger partial charge in [0.15, 0.2) is 0 Å². The second-order valence-electron chi connectivity index (χ2n) is 6.25. The van der Waals surface area contributed by atoms with Crippen LogP contribution in [0.1, 0.15) is 24.0 Å². The molecule has 0 aromatic heterocycles. The van der Waals surface area contributed by atoms with Crippen molar-refractivity contribution in [2.45, 2.75) is 38.0 Å². The van der Waals surface area contributed by atoms with Gasteiger partial charge in [-0.15, -0.1) is 0 Å². The molecule has 1 amide bonds.